The lowest BCUT2D eigenvalue weighted by Crippen LogP contribution is -2.46. The van der Waals surface area contributed by atoms with Gasteiger partial charge < -0.3 is 19.9 Å². The highest BCUT2D eigenvalue weighted by Crippen LogP contribution is 2.29. The van der Waals surface area contributed by atoms with Crippen LogP contribution in [0, 0.1) is 11.8 Å². The van der Waals surface area contributed by atoms with Crippen LogP contribution in [0.1, 0.15) is 19.3 Å². The molecule has 2 atom stereocenters. The third-order valence-corrected chi connectivity index (χ3v) is 6.31. The minimum absolute atomic E-state index is 0.0499. The molecule has 158 valence electrons. The van der Waals surface area contributed by atoms with E-state index in [0.29, 0.717) is 30.5 Å². The van der Waals surface area contributed by atoms with Crippen LogP contribution < -0.4 is 15.0 Å². The summed E-state index contributed by atoms with van der Waals surface area (Å²) in [7, 11) is 1.59. The predicted octanol–water partition coefficient (Wildman–Crippen LogP) is 2.38. The maximum absolute atomic E-state index is 13.1. The summed E-state index contributed by atoms with van der Waals surface area (Å²) in [6.07, 6.45) is 3.34. The second-order valence-corrected chi connectivity index (χ2v) is 8.45. The Hall–Kier alpha value is -2.94. The average molecular weight is 429 g/mol. The van der Waals surface area contributed by atoms with Gasteiger partial charge in [0.2, 0.25) is 17.7 Å². The van der Waals surface area contributed by atoms with E-state index < -0.39 is 0 Å². The number of methoxy groups -OCH3 is 1. The lowest BCUT2D eigenvalue weighted by Gasteiger charge is -2.33. The van der Waals surface area contributed by atoms with Crippen LogP contribution in [0.2, 0.25) is 0 Å². The van der Waals surface area contributed by atoms with Crippen LogP contribution in [0.15, 0.2) is 35.8 Å². The van der Waals surface area contributed by atoms with Crippen molar-refractivity contribution in [2.75, 3.05) is 37.0 Å². The van der Waals surface area contributed by atoms with Crippen molar-refractivity contribution in [3.05, 3.63) is 35.8 Å². The number of hydrogen-bond donors (Lipinski definition) is 1. The monoisotopic (exact) mass is 428 g/mol. The van der Waals surface area contributed by atoms with Crippen LogP contribution in [0.3, 0.4) is 0 Å². The molecule has 2 unspecified atom stereocenters. The van der Waals surface area contributed by atoms with Crippen molar-refractivity contribution >= 4 is 39.9 Å². The molecule has 4 rings (SSSR count). The Morgan fingerprint density at radius 2 is 2.00 bits per heavy atom. The van der Waals surface area contributed by atoms with Gasteiger partial charge in [0.15, 0.2) is 5.13 Å². The second-order valence-electron chi connectivity index (χ2n) is 7.55. The van der Waals surface area contributed by atoms with Crippen LogP contribution in [0.5, 0.6) is 5.75 Å². The standard InChI is InChI=1S/C21H24N4O4S/c1-29-17-6-4-16(5-7-17)25-13-15(11-18(25)26)20(28)24-9-2-3-14(12-24)19(27)23-21-22-8-10-30-21/h4-8,10,14-15H,2-3,9,11-13H2,1H3,(H,22,23,27). The fourth-order valence-electron chi connectivity index (χ4n) is 4.03. The van der Waals surface area contributed by atoms with Gasteiger partial charge in [0.25, 0.3) is 0 Å². The van der Waals surface area contributed by atoms with Crippen LogP contribution in [0.4, 0.5) is 10.8 Å². The van der Waals surface area contributed by atoms with Gasteiger partial charge in [-0.1, -0.05) is 0 Å². The normalized spacial score (nSPS) is 21.6. The molecule has 1 aromatic heterocycles. The second kappa shape index (κ2) is 8.83. The molecule has 2 aliphatic heterocycles. The number of benzene rings is 1. The summed E-state index contributed by atoms with van der Waals surface area (Å²) in [5.74, 6) is -0.153. The Labute approximate surface area is 178 Å². The number of aromatic nitrogens is 1. The van der Waals surface area contributed by atoms with E-state index in [1.165, 1.54) is 11.3 Å². The predicted molar refractivity (Wildman–Crippen MR) is 114 cm³/mol. The van der Waals surface area contributed by atoms with Gasteiger partial charge in [0.1, 0.15) is 5.75 Å². The number of thiazole rings is 1. The Kier molecular flexibility index (Phi) is 5.98. The summed E-state index contributed by atoms with van der Waals surface area (Å²) in [6, 6.07) is 7.25. The highest BCUT2D eigenvalue weighted by Gasteiger charge is 2.39. The molecule has 9 heteroatoms. The molecule has 1 N–H and O–H groups in total. The molecule has 2 saturated heterocycles. The summed E-state index contributed by atoms with van der Waals surface area (Å²) in [5.41, 5.74) is 0.760. The zero-order valence-corrected chi connectivity index (χ0v) is 17.6. The third kappa shape index (κ3) is 4.30. The first-order valence-electron chi connectivity index (χ1n) is 9.98. The van der Waals surface area contributed by atoms with E-state index in [2.05, 4.69) is 10.3 Å². The first-order chi connectivity index (χ1) is 14.5. The fraction of sp³-hybridized carbons (Fsp3) is 0.429. The van der Waals surface area contributed by atoms with Crippen molar-refractivity contribution in [2.24, 2.45) is 11.8 Å². The summed E-state index contributed by atoms with van der Waals surface area (Å²) >= 11 is 1.37. The van der Waals surface area contributed by atoms with E-state index in [0.717, 1.165) is 18.5 Å². The highest BCUT2D eigenvalue weighted by molar-refractivity contribution is 7.13. The van der Waals surface area contributed by atoms with E-state index in [1.807, 2.05) is 12.1 Å². The molecule has 3 amide bonds. The van der Waals surface area contributed by atoms with Gasteiger partial charge >= 0.3 is 0 Å². The number of carbonyl (C=O) groups is 3. The van der Waals surface area contributed by atoms with Crippen LogP contribution in [-0.4, -0.2) is 54.3 Å². The van der Waals surface area contributed by atoms with Crippen molar-refractivity contribution in [3.63, 3.8) is 0 Å². The molecular weight excluding hydrogens is 404 g/mol. The Morgan fingerprint density at radius 3 is 2.70 bits per heavy atom. The summed E-state index contributed by atoms with van der Waals surface area (Å²) < 4.78 is 5.16. The number of piperidine rings is 1. The highest BCUT2D eigenvalue weighted by atomic mass is 32.1. The number of anilines is 2. The number of nitrogens with zero attached hydrogens (tertiary/aromatic N) is 3. The lowest BCUT2D eigenvalue weighted by molar-refractivity contribution is -0.138. The van der Waals surface area contributed by atoms with Crippen molar-refractivity contribution in [1.82, 2.24) is 9.88 Å². The SMILES string of the molecule is COc1ccc(N2CC(C(=O)N3CCCC(C(=O)Nc4nccs4)C3)CC2=O)cc1. The minimum atomic E-state index is -0.389. The quantitative estimate of drug-likeness (QED) is 0.790. The molecular formula is C21H24N4O4S. The maximum Gasteiger partial charge on any atom is 0.231 e. The average Bonchev–Trinajstić information content (AvgIpc) is 3.43. The first-order valence-corrected chi connectivity index (χ1v) is 10.9. The lowest BCUT2D eigenvalue weighted by atomic mass is 9.95. The van der Waals surface area contributed by atoms with Crippen molar-refractivity contribution in [3.8, 4) is 5.75 Å². The van der Waals surface area contributed by atoms with Crippen molar-refractivity contribution in [2.45, 2.75) is 19.3 Å². The van der Waals surface area contributed by atoms with Gasteiger partial charge in [-0.25, -0.2) is 4.98 Å². The number of ether oxygens (including phenoxy) is 1. The molecule has 3 heterocycles. The van der Waals surface area contributed by atoms with Gasteiger partial charge in [-0.2, -0.15) is 0 Å². The number of carbonyl (C=O) groups excluding carboxylic acids is 3. The Bertz CT molecular complexity index is 916. The van der Waals surface area contributed by atoms with E-state index in [1.54, 1.807) is 40.6 Å². The zero-order chi connectivity index (χ0) is 21.1. The molecule has 8 nitrogen and oxygen atoms in total. The third-order valence-electron chi connectivity index (χ3n) is 5.62. The molecule has 2 aliphatic rings. The topological polar surface area (TPSA) is 91.8 Å². The van der Waals surface area contributed by atoms with Gasteiger partial charge in [-0.15, -0.1) is 11.3 Å². The van der Waals surface area contributed by atoms with Gasteiger partial charge in [0.05, 0.1) is 18.9 Å². The minimum Gasteiger partial charge on any atom is -0.497 e. The van der Waals surface area contributed by atoms with Gasteiger partial charge in [0, 0.05) is 43.3 Å². The molecule has 0 saturated carbocycles. The number of likely N-dealkylation sites (tertiary alicyclic amines) is 1. The first kappa shape index (κ1) is 20.3. The number of hydrogen-bond acceptors (Lipinski definition) is 6. The smallest absolute Gasteiger partial charge is 0.231 e. The molecule has 1 aromatic carbocycles. The molecule has 0 bridgehead atoms. The van der Waals surface area contributed by atoms with Crippen LogP contribution >= 0.6 is 11.3 Å². The fourth-order valence-corrected chi connectivity index (χ4v) is 4.56. The number of nitrogens with one attached hydrogen (secondary N) is 1. The number of rotatable bonds is 5. The van der Waals surface area contributed by atoms with E-state index in [4.69, 9.17) is 4.74 Å². The molecule has 0 spiro atoms. The van der Waals surface area contributed by atoms with Crippen molar-refractivity contribution in [1.29, 1.82) is 0 Å². The zero-order valence-electron chi connectivity index (χ0n) is 16.7. The molecule has 0 aliphatic carbocycles. The Morgan fingerprint density at radius 1 is 1.20 bits per heavy atom. The van der Waals surface area contributed by atoms with Crippen molar-refractivity contribution < 1.29 is 19.1 Å². The molecule has 30 heavy (non-hydrogen) atoms. The van der Waals surface area contributed by atoms with E-state index in [-0.39, 0.29) is 36.0 Å². The van der Waals surface area contributed by atoms with E-state index in [9.17, 15) is 14.4 Å². The molecule has 2 fully saturated rings. The number of amides is 3. The van der Waals surface area contributed by atoms with Crippen LogP contribution in [-0.2, 0) is 14.4 Å². The summed E-state index contributed by atoms with van der Waals surface area (Å²) in [4.78, 5) is 45.6. The molecule has 0 radical (unpaired) electrons. The van der Waals surface area contributed by atoms with Gasteiger partial charge in [-0.3, -0.25) is 14.4 Å². The Balaban J connectivity index is 1.37. The van der Waals surface area contributed by atoms with E-state index >= 15 is 0 Å². The maximum atomic E-state index is 13.1. The largest absolute Gasteiger partial charge is 0.497 e. The summed E-state index contributed by atoms with van der Waals surface area (Å²) in [6.45, 7) is 1.35. The summed E-state index contributed by atoms with van der Waals surface area (Å²) in [5, 5.41) is 5.20. The van der Waals surface area contributed by atoms with Crippen LogP contribution in [0.25, 0.3) is 0 Å². The molecule has 2 aromatic rings. The van der Waals surface area contributed by atoms with Gasteiger partial charge in [-0.05, 0) is 37.1 Å².